The molecule has 0 saturated carbocycles. The van der Waals surface area contributed by atoms with Crippen LogP contribution in [0.1, 0.15) is 35.6 Å². The van der Waals surface area contributed by atoms with Gasteiger partial charge in [-0.05, 0) is 41.7 Å². The lowest BCUT2D eigenvalue weighted by Crippen LogP contribution is -2.02. The molecule has 0 bridgehead atoms. The number of methoxy groups -OCH3 is 1. The molecule has 0 amide bonds. The quantitative estimate of drug-likeness (QED) is 0.832. The minimum Gasteiger partial charge on any atom is -0.469 e. The van der Waals surface area contributed by atoms with Gasteiger partial charge in [0.25, 0.3) is 0 Å². The van der Waals surface area contributed by atoms with E-state index in [0.29, 0.717) is 17.5 Å². The van der Waals surface area contributed by atoms with Gasteiger partial charge in [0.15, 0.2) is 0 Å². The van der Waals surface area contributed by atoms with Crippen LogP contribution >= 0.6 is 0 Å². The van der Waals surface area contributed by atoms with Crippen LogP contribution in [0.2, 0.25) is 0 Å². The van der Waals surface area contributed by atoms with Crippen molar-refractivity contribution in [3.63, 3.8) is 0 Å². The first-order chi connectivity index (χ1) is 10.6. The van der Waals surface area contributed by atoms with Gasteiger partial charge in [0.1, 0.15) is 11.9 Å². The van der Waals surface area contributed by atoms with E-state index in [1.807, 2.05) is 24.3 Å². The van der Waals surface area contributed by atoms with Gasteiger partial charge >= 0.3 is 5.97 Å². The predicted molar refractivity (Wildman–Crippen MR) is 81.9 cm³/mol. The van der Waals surface area contributed by atoms with E-state index in [1.54, 1.807) is 12.1 Å². The third kappa shape index (κ3) is 4.40. The highest BCUT2D eigenvalue weighted by Crippen LogP contribution is 2.23. The summed E-state index contributed by atoms with van der Waals surface area (Å²) in [4.78, 5) is 11.0. The summed E-state index contributed by atoms with van der Waals surface area (Å²) in [6.45, 7) is 0. The van der Waals surface area contributed by atoms with Crippen molar-refractivity contribution in [2.24, 2.45) is 0 Å². The Morgan fingerprint density at radius 3 is 2.55 bits per heavy atom. The molecule has 2 aromatic rings. The summed E-state index contributed by atoms with van der Waals surface area (Å²) in [5, 5.41) is 10.3. The fraction of sp³-hybridized carbons (Fsp3) is 0.278. The van der Waals surface area contributed by atoms with Gasteiger partial charge in [-0.1, -0.05) is 36.4 Å². The monoisotopic (exact) mass is 302 g/mol. The lowest BCUT2D eigenvalue weighted by molar-refractivity contribution is -0.140. The fourth-order valence-corrected chi connectivity index (χ4v) is 2.27. The van der Waals surface area contributed by atoms with Gasteiger partial charge in [-0.3, -0.25) is 4.79 Å². The normalized spacial score (nSPS) is 12.0. The highest BCUT2D eigenvalue weighted by Gasteiger charge is 2.11. The number of aryl methyl sites for hydroxylation is 1. The summed E-state index contributed by atoms with van der Waals surface area (Å²) in [6.07, 6.45) is 1.04. The number of aliphatic hydroxyl groups excluding tert-OH is 1. The molecule has 1 unspecified atom stereocenters. The number of carbonyl (C=O) groups is 1. The molecule has 22 heavy (non-hydrogen) atoms. The lowest BCUT2D eigenvalue weighted by atomic mass is 9.99. The van der Waals surface area contributed by atoms with E-state index in [0.717, 1.165) is 18.4 Å². The molecule has 0 aliphatic heterocycles. The summed E-state index contributed by atoms with van der Waals surface area (Å²) < 4.78 is 17.8. The largest absolute Gasteiger partial charge is 0.469 e. The second-order valence-corrected chi connectivity index (χ2v) is 5.13. The number of ether oxygens (including phenoxy) is 1. The first-order valence-electron chi connectivity index (χ1n) is 7.19. The Hall–Kier alpha value is -2.20. The molecule has 0 heterocycles. The SMILES string of the molecule is COC(=O)CCCc1ccc(C(O)c2cccc(F)c2)cc1. The van der Waals surface area contributed by atoms with E-state index in [9.17, 15) is 14.3 Å². The van der Waals surface area contributed by atoms with E-state index in [1.165, 1.54) is 19.2 Å². The van der Waals surface area contributed by atoms with E-state index < -0.39 is 6.10 Å². The van der Waals surface area contributed by atoms with Crippen LogP contribution in [0.3, 0.4) is 0 Å². The maximum absolute atomic E-state index is 13.2. The molecule has 0 aliphatic rings. The van der Waals surface area contributed by atoms with Gasteiger partial charge in [-0.25, -0.2) is 4.39 Å². The molecule has 2 aromatic carbocycles. The zero-order valence-electron chi connectivity index (χ0n) is 12.5. The highest BCUT2D eigenvalue weighted by atomic mass is 19.1. The minimum atomic E-state index is -0.847. The predicted octanol–water partition coefficient (Wildman–Crippen LogP) is 3.40. The van der Waals surface area contributed by atoms with Crippen molar-refractivity contribution in [3.8, 4) is 0 Å². The zero-order chi connectivity index (χ0) is 15.9. The summed E-state index contributed by atoms with van der Waals surface area (Å²) >= 11 is 0. The Bertz CT molecular complexity index is 622. The van der Waals surface area contributed by atoms with E-state index in [-0.39, 0.29) is 11.8 Å². The lowest BCUT2D eigenvalue weighted by Gasteiger charge is -2.12. The van der Waals surface area contributed by atoms with E-state index >= 15 is 0 Å². The number of aliphatic hydroxyl groups is 1. The van der Waals surface area contributed by atoms with Crippen molar-refractivity contribution >= 4 is 5.97 Å². The number of carbonyl (C=O) groups excluding carboxylic acids is 1. The van der Waals surface area contributed by atoms with Crippen molar-refractivity contribution < 1.29 is 19.0 Å². The van der Waals surface area contributed by atoms with Crippen LogP contribution in [0.4, 0.5) is 4.39 Å². The number of halogens is 1. The maximum atomic E-state index is 13.2. The molecule has 0 fully saturated rings. The van der Waals surface area contributed by atoms with Crippen LogP contribution in [0.5, 0.6) is 0 Å². The Kier molecular flexibility index (Phi) is 5.67. The van der Waals surface area contributed by atoms with Gasteiger partial charge in [0, 0.05) is 6.42 Å². The maximum Gasteiger partial charge on any atom is 0.305 e. The fourth-order valence-electron chi connectivity index (χ4n) is 2.27. The second-order valence-electron chi connectivity index (χ2n) is 5.13. The van der Waals surface area contributed by atoms with Crippen molar-refractivity contribution in [2.45, 2.75) is 25.4 Å². The number of rotatable bonds is 6. The zero-order valence-corrected chi connectivity index (χ0v) is 12.5. The molecule has 3 nitrogen and oxygen atoms in total. The minimum absolute atomic E-state index is 0.210. The summed E-state index contributed by atoms with van der Waals surface area (Å²) in [5.74, 6) is -0.575. The molecule has 1 N–H and O–H groups in total. The van der Waals surface area contributed by atoms with Crippen molar-refractivity contribution in [2.75, 3.05) is 7.11 Å². The topological polar surface area (TPSA) is 46.5 Å². The third-order valence-corrected chi connectivity index (χ3v) is 3.53. The average Bonchev–Trinajstić information content (AvgIpc) is 2.54. The van der Waals surface area contributed by atoms with Crippen LogP contribution in [0, 0.1) is 5.82 Å². The standard InChI is InChI=1S/C18H19FO3/c1-22-17(20)7-2-4-13-8-10-14(11-9-13)18(21)15-5-3-6-16(19)12-15/h3,5-6,8-12,18,21H,2,4,7H2,1H3. The summed E-state index contributed by atoms with van der Waals surface area (Å²) in [6, 6.07) is 13.4. The van der Waals surface area contributed by atoms with Gasteiger partial charge in [0.05, 0.1) is 7.11 Å². The molecule has 2 rings (SSSR count). The van der Waals surface area contributed by atoms with Crippen LogP contribution in [0.25, 0.3) is 0 Å². The number of benzene rings is 2. The van der Waals surface area contributed by atoms with Crippen LogP contribution in [-0.2, 0) is 16.0 Å². The molecule has 116 valence electrons. The molecule has 0 aromatic heterocycles. The van der Waals surface area contributed by atoms with Gasteiger partial charge in [-0.2, -0.15) is 0 Å². The molecular formula is C18H19FO3. The van der Waals surface area contributed by atoms with Crippen molar-refractivity contribution in [1.82, 2.24) is 0 Å². The number of hydrogen-bond donors (Lipinski definition) is 1. The van der Waals surface area contributed by atoms with Crippen LogP contribution in [-0.4, -0.2) is 18.2 Å². The third-order valence-electron chi connectivity index (χ3n) is 3.53. The van der Waals surface area contributed by atoms with Gasteiger partial charge in [-0.15, -0.1) is 0 Å². The first kappa shape index (κ1) is 16.2. The summed E-state index contributed by atoms with van der Waals surface area (Å²) in [5.41, 5.74) is 2.32. The Labute approximate surface area is 129 Å². The molecule has 1 atom stereocenters. The molecule has 0 saturated heterocycles. The number of hydrogen-bond acceptors (Lipinski definition) is 3. The Morgan fingerprint density at radius 1 is 1.18 bits per heavy atom. The molecule has 0 aliphatic carbocycles. The Balaban J connectivity index is 1.98. The number of esters is 1. The van der Waals surface area contributed by atoms with Crippen LogP contribution in [0.15, 0.2) is 48.5 Å². The van der Waals surface area contributed by atoms with Crippen molar-refractivity contribution in [1.29, 1.82) is 0 Å². The molecule has 0 radical (unpaired) electrons. The van der Waals surface area contributed by atoms with Crippen LogP contribution < -0.4 is 0 Å². The Morgan fingerprint density at radius 2 is 1.91 bits per heavy atom. The van der Waals surface area contributed by atoms with Crippen molar-refractivity contribution in [3.05, 3.63) is 71.0 Å². The highest BCUT2D eigenvalue weighted by molar-refractivity contribution is 5.69. The smallest absolute Gasteiger partial charge is 0.305 e. The summed E-state index contributed by atoms with van der Waals surface area (Å²) in [7, 11) is 1.38. The van der Waals surface area contributed by atoms with E-state index in [2.05, 4.69) is 4.74 Å². The molecule has 4 heteroatoms. The average molecular weight is 302 g/mol. The van der Waals surface area contributed by atoms with Gasteiger partial charge in [0.2, 0.25) is 0 Å². The van der Waals surface area contributed by atoms with Gasteiger partial charge < -0.3 is 9.84 Å². The molecule has 0 spiro atoms. The molecular weight excluding hydrogens is 283 g/mol. The van der Waals surface area contributed by atoms with E-state index in [4.69, 9.17) is 0 Å². The second kappa shape index (κ2) is 7.71. The first-order valence-corrected chi connectivity index (χ1v) is 7.19.